The van der Waals surface area contributed by atoms with Crippen molar-refractivity contribution in [2.24, 2.45) is 0 Å². The number of aromatic nitrogens is 1. The number of nitrogens with one attached hydrogen (secondary N) is 1. The lowest BCUT2D eigenvalue weighted by atomic mass is 10.2. The summed E-state index contributed by atoms with van der Waals surface area (Å²) in [4.78, 5) is 4.01. The Kier molecular flexibility index (Phi) is 2.99. The van der Waals surface area contributed by atoms with E-state index in [4.69, 9.17) is 0 Å². The summed E-state index contributed by atoms with van der Waals surface area (Å²) >= 11 is 0. The lowest BCUT2D eigenvalue weighted by Crippen LogP contribution is -2.04. The minimum absolute atomic E-state index is 0.566. The summed E-state index contributed by atoms with van der Waals surface area (Å²) in [7, 11) is 0. The summed E-state index contributed by atoms with van der Waals surface area (Å²) in [6, 6.07) is 10.1. The fourth-order valence-electron chi connectivity index (χ4n) is 1.33. The van der Waals surface area contributed by atoms with E-state index in [-0.39, 0.29) is 0 Å². The van der Waals surface area contributed by atoms with E-state index >= 15 is 0 Å². The molecule has 2 aromatic rings. The van der Waals surface area contributed by atoms with Gasteiger partial charge < -0.3 is 5.32 Å². The predicted octanol–water partition coefficient (Wildman–Crippen LogP) is 3.84. The Labute approximate surface area is 96.1 Å². The quantitative estimate of drug-likeness (QED) is 0.859. The standard InChI is InChI=1S/C12H9F3N2/c13-12(14,15)9-4-6-10(7-5-9)17-11-3-1-2-8-16-11/h1-8H,(H,16,17). The van der Waals surface area contributed by atoms with Gasteiger partial charge in [0.1, 0.15) is 5.82 Å². The average molecular weight is 238 g/mol. The van der Waals surface area contributed by atoms with Gasteiger partial charge in [0.15, 0.2) is 0 Å². The van der Waals surface area contributed by atoms with E-state index in [1.807, 2.05) is 0 Å². The maximum atomic E-state index is 12.3. The SMILES string of the molecule is FC(F)(F)c1ccc(Nc2ccccn2)cc1. The van der Waals surface area contributed by atoms with Crippen molar-refractivity contribution in [1.82, 2.24) is 4.98 Å². The van der Waals surface area contributed by atoms with Gasteiger partial charge in [0.2, 0.25) is 0 Å². The molecule has 0 aliphatic heterocycles. The molecule has 0 aliphatic carbocycles. The van der Waals surface area contributed by atoms with Crippen LogP contribution in [-0.4, -0.2) is 4.98 Å². The summed E-state index contributed by atoms with van der Waals surface area (Å²) in [6.45, 7) is 0. The Hall–Kier alpha value is -2.04. The zero-order valence-electron chi connectivity index (χ0n) is 8.70. The van der Waals surface area contributed by atoms with Gasteiger partial charge in [-0.25, -0.2) is 4.98 Å². The van der Waals surface area contributed by atoms with Crippen LogP contribution in [0, 0.1) is 0 Å². The van der Waals surface area contributed by atoms with Crippen molar-refractivity contribution in [3.63, 3.8) is 0 Å². The van der Waals surface area contributed by atoms with Crippen LogP contribution in [0.5, 0.6) is 0 Å². The number of alkyl halides is 3. The monoisotopic (exact) mass is 238 g/mol. The smallest absolute Gasteiger partial charge is 0.340 e. The third kappa shape index (κ3) is 2.96. The van der Waals surface area contributed by atoms with Gasteiger partial charge in [-0.05, 0) is 36.4 Å². The molecule has 0 unspecified atom stereocenters. The third-order valence-electron chi connectivity index (χ3n) is 2.15. The highest BCUT2D eigenvalue weighted by Crippen LogP contribution is 2.30. The number of rotatable bonds is 2. The molecule has 0 aliphatic rings. The molecule has 0 radical (unpaired) electrons. The number of hydrogen-bond donors (Lipinski definition) is 1. The maximum absolute atomic E-state index is 12.3. The van der Waals surface area contributed by atoms with Gasteiger partial charge in [-0.15, -0.1) is 0 Å². The summed E-state index contributed by atoms with van der Waals surface area (Å²) in [6.07, 6.45) is -2.70. The second-order valence-electron chi connectivity index (χ2n) is 3.42. The highest BCUT2D eigenvalue weighted by molar-refractivity contribution is 5.56. The molecule has 0 amide bonds. The zero-order valence-corrected chi connectivity index (χ0v) is 8.70. The molecule has 17 heavy (non-hydrogen) atoms. The van der Waals surface area contributed by atoms with Crippen molar-refractivity contribution in [2.45, 2.75) is 6.18 Å². The highest BCUT2D eigenvalue weighted by atomic mass is 19.4. The van der Waals surface area contributed by atoms with Gasteiger partial charge in [0.25, 0.3) is 0 Å². The summed E-state index contributed by atoms with van der Waals surface area (Å²) < 4.78 is 36.9. The summed E-state index contributed by atoms with van der Waals surface area (Å²) in [5.74, 6) is 0.590. The van der Waals surface area contributed by atoms with E-state index in [2.05, 4.69) is 10.3 Å². The van der Waals surface area contributed by atoms with Crippen LogP contribution in [0.3, 0.4) is 0 Å². The van der Waals surface area contributed by atoms with Gasteiger partial charge in [0, 0.05) is 11.9 Å². The van der Waals surface area contributed by atoms with Crippen LogP contribution in [-0.2, 0) is 6.18 Å². The van der Waals surface area contributed by atoms with Crippen molar-refractivity contribution in [3.05, 3.63) is 54.2 Å². The Morgan fingerprint density at radius 3 is 2.18 bits per heavy atom. The molecule has 0 fully saturated rings. The van der Waals surface area contributed by atoms with E-state index in [1.54, 1.807) is 24.4 Å². The lowest BCUT2D eigenvalue weighted by Gasteiger charge is -2.08. The first-order valence-electron chi connectivity index (χ1n) is 4.91. The molecule has 5 heteroatoms. The van der Waals surface area contributed by atoms with E-state index in [0.717, 1.165) is 12.1 Å². The molecule has 2 nitrogen and oxygen atoms in total. The number of benzene rings is 1. The minimum atomic E-state index is -4.30. The van der Waals surface area contributed by atoms with Crippen LogP contribution in [0.4, 0.5) is 24.7 Å². The van der Waals surface area contributed by atoms with Crippen LogP contribution in [0.2, 0.25) is 0 Å². The minimum Gasteiger partial charge on any atom is -0.340 e. The molecule has 2 rings (SSSR count). The Morgan fingerprint density at radius 1 is 0.941 bits per heavy atom. The largest absolute Gasteiger partial charge is 0.416 e. The second-order valence-corrected chi connectivity index (χ2v) is 3.42. The van der Waals surface area contributed by atoms with Crippen LogP contribution in [0.15, 0.2) is 48.7 Å². The van der Waals surface area contributed by atoms with Gasteiger partial charge in [-0.2, -0.15) is 13.2 Å². The van der Waals surface area contributed by atoms with Crippen molar-refractivity contribution in [3.8, 4) is 0 Å². The molecule has 1 aromatic carbocycles. The van der Waals surface area contributed by atoms with Gasteiger partial charge in [-0.1, -0.05) is 6.07 Å². The maximum Gasteiger partial charge on any atom is 0.416 e. The third-order valence-corrected chi connectivity index (χ3v) is 2.15. The van der Waals surface area contributed by atoms with Gasteiger partial charge in [-0.3, -0.25) is 0 Å². The average Bonchev–Trinajstić information content (AvgIpc) is 2.30. The number of anilines is 2. The number of nitrogens with zero attached hydrogens (tertiary/aromatic N) is 1. The second kappa shape index (κ2) is 4.45. The Balaban J connectivity index is 2.14. The first kappa shape index (κ1) is 11.4. The first-order chi connectivity index (χ1) is 8.05. The Bertz CT molecular complexity index is 477. The van der Waals surface area contributed by atoms with E-state index in [9.17, 15) is 13.2 Å². The topological polar surface area (TPSA) is 24.9 Å². The fourth-order valence-corrected chi connectivity index (χ4v) is 1.33. The molecular weight excluding hydrogens is 229 g/mol. The molecule has 1 N–H and O–H groups in total. The van der Waals surface area contributed by atoms with Crippen molar-refractivity contribution >= 4 is 11.5 Å². The predicted molar refractivity (Wildman–Crippen MR) is 59.0 cm³/mol. The fraction of sp³-hybridized carbons (Fsp3) is 0.0833. The van der Waals surface area contributed by atoms with Gasteiger partial charge in [0.05, 0.1) is 5.56 Å². The van der Waals surface area contributed by atoms with Crippen LogP contribution in [0.1, 0.15) is 5.56 Å². The molecule has 0 spiro atoms. The van der Waals surface area contributed by atoms with E-state index in [0.29, 0.717) is 11.5 Å². The number of pyridine rings is 1. The molecule has 88 valence electrons. The normalized spacial score (nSPS) is 11.2. The van der Waals surface area contributed by atoms with E-state index in [1.165, 1.54) is 12.1 Å². The summed E-state index contributed by atoms with van der Waals surface area (Å²) in [5.41, 5.74) is -0.0965. The molecule has 0 bridgehead atoms. The van der Waals surface area contributed by atoms with E-state index < -0.39 is 11.7 Å². The zero-order chi connectivity index (χ0) is 12.3. The van der Waals surface area contributed by atoms with Crippen LogP contribution >= 0.6 is 0 Å². The van der Waals surface area contributed by atoms with Crippen LogP contribution < -0.4 is 5.32 Å². The molecular formula is C12H9F3N2. The van der Waals surface area contributed by atoms with Crippen molar-refractivity contribution in [1.29, 1.82) is 0 Å². The van der Waals surface area contributed by atoms with Crippen LogP contribution in [0.25, 0.3) is 0 Å². The number of hydrogen-bond acceptors (Lipinski definition) is 2. The molecule has 0 saturated heterocycles. The molecule has 1 aromatic heterocycles. The Morgan fingerprint density at radius 2 is 1.65 bits per heavy atom. The van der Waals surface area contributed by atoms with Gasteiger partial charge >= 0.3 is 6.18 Å². The first-order valence-corrected chi connectivity index (χ1v) is 4.91. The molecule has 1 heterocycles. The molecule has 0 saturated carbocycles. The van der Waals surface area contributed by atoms with Crippen molar-refractivity contribution < 1.29 is 13.2 Å². The lowest BCUT2D eigenvalue weighted by molar-refractivity contribution is -0.137. The summed E-state index contributed by atoms with van der Waals surface area (Å²) in [5, 5.41) is 2.90. The molecule has 0 atom stereocenters. The van der Waals surface area contributed by atoms with Crippen molar-refractivity contribution in [2.75, 3.05) is 5.32 Å². The number of halogens is 3. The highest BCUT2D eigenvalue weighted by Gasteiger charge is 2.29.